The summed E-state index contributed by atoms with van der Waals surface area (Å²) in [5.41, 5.74) is 3.29. The van der Waals surface area contributed by atoms with Crippen molar-refractivity contribution < 1.29 is 9.59 Å². The summed E-state index contributed by atoms with van der Waals surface area (Å²) in [6.07, 6.45) is 1.12. The van der Waals surface area contributed by atoms with Gasteiger partial charge in [-0.3, -0.25) is 9.59 Å². The van der Waals surface area contributed by atoms with E-state index >= 15 is 0 Å². The maximum absolute atomic E-state index is 12.8. The fourth-order valence-corrected chi connectivity index (χ4v) is 3.03. The van der Waals surface area contributed by atoms with Crippen molar-refractivity contribution >= 4 is 23.2 Å². The molecule has 0 unspecified atom stereocenters. The number of amides is 2. The van der Waals surface area contributed by atoms with Gasteiger partial charge in [0.1, 0.15) is 0 Å². The largest absolute Gasteiger partial charge is 0.326 e. The average molecular weight is 372 g/mol. The Morgan fingerprint density at radius 3 is 2.04 bits per heavy atom. The molecule has 0 aliphatic rings. The van der Waals surface area contributed by atoms with Crippen LogP contribution in [0.25, 0.3) is 0 Å². The zero-order chi connectivity index (χ0) is 19.8. The Kier molecular flexibility index (Phi) is 6.58. The average Bonchev–Trinajstić information content (AvgIpc) is 2.75. The summed E-state index contributed by atoms with van der Waals surface area (Å²) in [6.45, 7) is 2.53. The van der Waals surface area contributed by atoms with Gasteiger partial charge in [0.05, 0.1) is 0 Å². The van der Waals surface area contributed by atoms with E-state index in [2.05, 4.69) is 5.32 Å². The molecule has 3 aromatic rings. The fourth-order valence-electron chi connectivity index (χ4n) is 3.03. The van der Waals surface area contributed by atoms with Crippen LogP contribution in [0.3, 0.4) is 0 Å². The van der Waals surface area contributed by atoms with Crippen molar-refractivity contribution in [3.63, 3.8) is 0 Å². The second-order valence-electron chi connectivity index (χ2n) is 6.50. The minimum atomic E-state index is -0.0596. The van der Waals surface area contributed by atoms with Crippen molar-refractivity contribution in [1.82, 2.24) is 0 Å². The highest BCUT2D eigenvalue weighted by Crippen LogP contribution is 2.18. The van der Waals surface area contributed by atoms with Crippen molar-refractivity contribution in [3.8, 4) is 0 Å². The van der Waals surface area contributed by atoms with Gasteiger partial charge in [0.2, 0.25) is 5.91 Å². The maximum atomic E-state index is 12.8. The van der Waals surface area contributed by atoms with Gasteiger partial charge in [0.15, 0.2) is 0 Å². The molecule has 0 fully saturated rings. The molecule has 2 amide bonds. The number of carbonyl (C=O) groups excluding carboxylic acids is 2. The van der Waals surface area contributed by atoms with Crippen LogP contribution in [0.2, 0.25) is 0 Å². The standard InChI is InChI=1S/C24H24N2O2/c1-2-26(22-11-7-4-8-12-22)24(28)20-14-16-21(17-15-20)25-23(27)18-13-19-9-5-3-6-10-19/h3-12,14-17H,2,13,18H2,1H3,(H,25,27). The number of benzene rings is 3. The molecule has 0 aliphatic heterocycles. The topological polar surface area (TPSA) is 49.4 Å². The first-order valence-corrected chi connectivity index (χ1v) is 9.48. The quantitative estimate of drug-likeness (QED) is 0.640. The van der Waals surface area contributed by atoms with Crippen LogP contribution in [0.15, 0.2) is 84.9 Å². The number of nitrogens with one attached hydrogen (secondary N) is 1. The first-order chi connectivity index (χ1) is 13.7. The summed E-state index contributed by atoms with van der Waals surface area (Å²) in [5, 5.41) is 2.89. The molecule has 3 aromatic carbocycles. The van der Waals surface area contributed by atoms with Crippen molar-refractivity contribution in [1.29, 1.82) is 0 Å². The molecule has 0 aromatic heterocycles. The van der Waals surface area contributed by atoms with E-state index in [9.17, 15) is 9.59 Å². The molecular formula is C24H24N2O2. The van der Waals surface area contributed by atoms with Crippen LogP contribution < -0.4 is 10.2 Å². The van der Waals surface area contributed by atoms with E-state index in [4.69, 9.17) is 0 Å². The minimum Gasteiger partial charge on any atom is -0.326 e. The highest BCUT2D eigenvalue weighted by Gasteiger charge is 2.15. The van der Waals surface area contributed by atoms with Gasteiger partial charge < -0.3 is 10.2 Å². The predicted octanol–water partition coefficient (Wildman–Crippen LogP) is 4.92. The van der Waals surface area contributed by atoms with Crippen LogP contribution in [0, 0.1) is 0 Å². The van der Waals surface area contributed by atoms with Crippen LogP contribution in [-0.4, -0.2) is 18.4 Å². The zero-order valence-corrected chi connectivity index (χ0v) is 16.0. The van der Waals surface area contributed by atoms with Gasteiger partial charge in [-0.2, -0.15) is 0 Å². The van der Waals surface area contributed by atoms with Crippen molar-refractivity contribution in [2.24, 2.45) is 0 Å². The van der Waals surface area contributed by atoms with Gasteiger partial charge in [-0.05, 0) is 55.3 Å². The highest BCUT2D eigenvalue weighted by atomic mass is 16.2. The number of hydrogen-bond acceptors (Lipinski definition) is 2. The lowest BCUT2D eigenvalue weighted by Gasteiger charge is -2.21. The van der Waals surface area contributed by atoms with E-state index < -0.39 is 0 Å². The predicted molar refractivity (Wildman–Crippen MR) is 114 cm³/mol. The molecule has 4 heteroatoms. The number of hydrogen-bond donors (Lipinski definition) is 1. The Hall–Kier alpha value is -3.40. The van der Waals surface area contributed by atoms with Crippen LogP contribution >= 0.6 is 0 Å². The van der Waals surface area contributed by atoms with E-state index in [0.717, 1.165) is 11.3 Å². The van der Waals surface area contributed by atoms with E-state index in [0.29, 0.717) is 30.6 Å². The van der Waals surface area contributed by atoms with Crippen LogP contribution in [0.4, 0.5) is 11.4 Å². The second kappa shape index (κ2) is 9.51. The molecule has 1 N–H and O–H groups in total. The SMILES string of the molecule is CCN(C(=O)c1ccc(NC(=O)CCc2ccccc2)cc1)c1ccccc1. The first kappa shape index (κ1) is 19.4. The lowest BCUT2D eigenvalue weighted by atomic mass is 10.1. The van der Waals surface area contributed by atoms with Crippen LogP contribution in [-0.2, 0) is 11.2 Å². The van der Waals surface area contributed by atoms with E-state index in [-0.39, 0.29) is 11.8 Å². The fraction of sp³-hybridized carbons (Fsp3) is 0.167. The lowest BCUT2D eigenvalue weighted by molar-refractivity contribution is -0.116. The minimum absolute atomic E-state index is 0.0394. The van der Waals surface area contributed by atoms with Gasteiger partial charge in [-0.1, -0.05) is 48.5 Å². The number of rotatable bonds is 7. The molecule has 0 saturated carbocycles. The lowest BCUT2D eigenvalue weighted by Crippen LogP contribution is -2.30. The Morgan fingerprint density at radius 2 is 1.43 bits per heavy atom. The van der Waals surface area contributed by atoms with Gasteiger partial charge in [0, 0.05) is 29.9 Å². The summed E-state index contributed by atoms with van der Waals surface area (Å²) in [6, 6.07) is 26.6. The first-order valence-electron chi connectivity index (χ1n) is 9.48. The summed E-state index contributed by atoms with van der Waals surface area (Å²) >= 11 is 0. The molecule has 0 radical (unpaired) electrons. The molecule has 0 aliphatic carbocycles. The molecule has 28 heavy (non-hydrogen) atoms. The molecule has 0 atom stereocenters. The summed E-state index contributed by atoms with van der Waals surface area (Å²) < 4.78 is 0. The number of anilines is 2. The third-order valence-electron chi connectivity index (χ3n) is 4.53. The van der Waals surface area contributed by atoms with Crippen molar-refractivity contribution in [2.75, 3.05) is 16.8 Å². The van der Waals surface area contributed by atoms with E-state index in [1.165, 1.54) is 0 Å². The molecule has 4 nitrogen and oxygen atoms in total. The number of aryl methyl sites for hydroxylation is 1. The summed E-state index contributed by atoms with van der Waals surface area (Å²) in [7, 11) is 0. The summed E-state index contributed by atoms with van der Waals surface area (Å²) in [4.78, 5) is 26.7. The van der Waals surface area contributed by atoms with E-state index in [1.54, 1.807) is 29.2 Å². The Balaban J connectivity index is 1.59. The Morgan fingerprint density at radius 1 is 0.821 bits per heavy atom. The number of para-hydroxylation sites is 1. The number of carbonyl (C=O) groups is 2. The van der Waals surface area contributed by atoms with Gasteiger partial charge in [-0.15, -0.1) is 0 Å². The molecule has 3 rings (SSSR count). The molecule has 0 bridgehead atoms. The molecule has 0 heterocycles. The smallest absolute Gasteiger partial charge is 0.258 e. The molecular weight excluding hydrogens is 348 g/mol. The maximum Gasteiger partial charge on any atom is 0.258 e. The molecule has 0 spiro atoms. The normalized spacial score (nSPS) is 10.3. The van der Waals surface area contributed by atoms with Crippen molar-refractivity contribution in [2.45, 2.75) is 19.8 Å². The number of nitrogens with zero attached hydrogens (tertiary/aromatic N) is 1. The molecule has 0 saturated heterocycles. The van der Waals surface area contributed by atoms with Gasteiger partial charge >= 0.3 is 0 Å². The monoisotopic (exact) mass is 372 g/mol. The Bertz CT molecular complexity index is 906. The van der Waals surface area contributed by atoms with Crippen molar-refractivity contribution in [3.05, 3.63) is 96.1 Å². The summed E-state index contributed by atoms with van der Waals surface area (Å²) in [5.74, 6) is -0.0990. The van der Waals surface area contributed by atoms with Crippen LogP contribution in [0.1, 0.15) is 29.3 Å². The van der Waals surface area contributed by atoms with E-state index in [1.807, 2.05) is 67.6 Å². The third-order valence-corrected chi connectivity index (χ3v) is 4.53. The van der Waals surface area contributed by atoms with Gasteiger partial charge in [0.25, 0.3) is 5.91 Å². The highest BCUT2D eigenvalue weighted by molar-refractivity contribution is 6.06. The van der Waals surface area contributed by atoms with Crippen LogP contribution in [0.5, 0.6) is 0 Å². The zero-order valence-electron chi connectivity index (χ0n) is 16.0. The third kappa shape index (κ3) is 5.07. The Labute approximate surface area is 165 Å². The van der Waals surface area contributed by atoms with Gasteiger partial charge in [-0.25, -0.2) is 0 Å². The molecule has 142 valence electrons. The second-order valence-corrected chi connectivity index (χ2v) is 6.50.